The van der Waals surface area contributed by atoms with Crippen molar-refractivity contribution in [3.05, 3.63) is 84.9 Å². The van der Waals surface area contributed by atoms with Gasteiger partial charge in [-0.1, -0.05) is 32.9 Å². The molecule has 2 aromatic heterocycles. The molecule has 208 valence electrons. The molecular weight excluding hydrogens is 512 g/mol. The highest BCUT2D eigenvalue weighted by Crippen LogP contribution is 2.33. The van der Waals surface area contributed by atoms with Crippen LogP contribution in [0, 0.1) is 6.92 Å². The SMILES string of the molecule is CCOCCN=C(N)c1c(C(=O)O)cc(C(=O)Nc2ccc(C(C)(C)C)cc2C)c2c3ccc(c(=O)[nH]c3=O)c12. The molecule has 0 unspecified atom stereocenters. The van der Waals surface area contributed by atoms with Crippen molar-refractivity contribution in [1.29, 1.82) is 0 Å². The van der Waals surface area contributed by atoms with Crippen molar-refractivity contribution in [3.63, 3.8) is 0 Å². The number of hydrogen-bond donors (Lipinski definition) is 4. The van der Waals surface area contributed by atoms with E-state index in [0.29, 0.717) is 12.3 Å². The van der Waals surface area contributed by atoms with E-state index in [0.717, 1.165) is 11.1 Å². The summed E-state index contributed by atoms with van der Waals surface area (Å²) in [5.41, 5.74) is 6.71. The molecule has 5 rings (SSSR count). The van der Waals surface area contributed by atoms with Gasteiger partial charge in [-0.3, -0.25) is 24.4 Å². The van der Waals surface area contributed by atoms with Crippen molar-refractivity contribution in [2.75, 3.05) is 25.1 Å². The zero-order valence-corrected chi connectivity index (χ0v) is 23.1. The lowest BCUT2D eigenvalue weighted by Crippen LogP contribution is -2.22. The van der Waals surface area contributed by atoms with Crippen LogP contribution in [0.25, 0.3) is 21.5 Å². The first-order valence-electron chi connectivity index (χ1n) is 12.9. The summed E-state index contributed by atoms with van der Waals surface area (Å²) in [6, 6.07) is 9.70. The first-order chi connectivity index (χ1) is 18.8. The lowest BCUT2D eigenvalue weighted by atomic mass is 9.86. The molecule has 1 amide bonds. The molecule has 0 aliphatic carbocycles. The number of fused-ring (bicyclic) bond motifs is 3. The van der Waals surface area contributed by atoms with E-state index in [1.807, 2.05) is 26.0 Å². The molecule has 2 heterocycles. The van der Waals surface area contributed by atoms with Gasteiger partial charge < -0.3 is 20.9 Å². The summed E-state index contributed by atoms with van der Waals surface area (Å²) in [4.78, 5) is 58.7. The number of anilines is 1. The van der Waals surface area contributed by atoms with Gasteiger partial charge in [-0.15, -0.1) is 0 Å². The molecule has 2 bridgehead atoms. The summed E-state index contributed by atoms with van der Waals surface area (Å²) in [6.07, 6.45) is 0. The molecule has 5 aromatic rings. The van der Waals surface area contributed by atoms with E-state index in [1.54, 1.807) is 6.07 Å². The normalized spacial score (nSPS) is 12.3. The van der Waals surface area contributed by atoms with Crippen LogP contribution in [-0.4, -0.2) is 47.6 Å². The van der Waals surface area contributed by atoms with Gasteiger partial charge in [-0.25, -0.2) is 4.79 Å². The number of H-pyrrole nitrogens is 1. The fourth-order valence-corrected chi connectivity index (χ4v) is 4.71. The summed E-state index contributed by atoms with van der Waals surface area (Å²) in [5.74, 6) is -2.16. The zero-order chi connectivity index (χ0) is 29.4. The molecule has 0 atom stereocenters. The average Bonchev–Trinajstić information content (AvgIpc) is 3.09. The van der Waals surface area contributed by atoms with Crippen LogP contribution in [0.4, 0.5) is 5.69 Å². The number of nitrogens with two attached hydrogens (primary N) is 1. The number of carbonyl (C=O) groups excluding carboxylic acids is 1. The molecule has 0 fully saturated rings. The predicted octanol–water partition coefficient (Wildman–Crippen LogP) is 3.78. The summed E-state index contributed by atoms with van der Waals surface area (Å²) >= 11 is 0. The lowest BCUT2D eigenvalue weighted by molar-refractivity contribution is 0.0697. The van der Waals surface area contributed by atoms with Gasteiger partial charge in [-0.2, -0.15) is 0 Å². The van der Waals surface area contributed by atoms with E-state index in [-0.39, 0.29) is 62.6 Å². The highest BCUT2D eigenvalue weighted by Gasteiger charge is 2.27. The van der Waals surface area contributed by atoms with Crippen LogP contribution < -0.4 is 22.2 Å². The van der Waals surface area contributed by atoms with Gasteiger partial charge >= 0.3 is 5.97 Å². The second-order valence-corrected chi connectivity index (χ2v) is 10.5. The Morgan fingerprint density at radius 2 is 1.68 bits per heavy atom. The minimum Gasteiger partial charge on any atom is -0.478 e. The molecule has 0 aliphatic heterocycles. The molecule has 40 heavy (non-hydrogen) atoms. The molecule has 0 saturated carbocycles. The lowest BCUT2D eigenvalue weighted by Gasteiger charge is -2.21. The van der Waals surface area contributed by atoms with Crippen molar-refractivity contribution in [3.8, 4) is 0 Å². The average molecular weight is 545 g/mol. The Labute approximate surface area is 230 Å². The number of carbonyl (C=O) groups is 2. The fourth-order valence-electron chi connectivity index (χ4n) is 4.71. The van der Waals surface area contributed by atoms with Crippen LogP contribution in [0.1, 0.15) is 65.1 Å². The highest BCUT2D eigenvalue weighted by molar-refractivity contribution is 6.28. The van der Waals surface area contributed by atoms with Gasteiger partial charge in [0.05, 0.1) is 18.7 Å². The Balaban J connectivity index is 2.00. The maximum atomic E-state index is 13.8. The number of aryl methyl sites for hydroxylation is 1. The van der Waals surface area contributed by atoms with Crippen LogP contribution in [-0.2, 0) is 10.2 Å². The number of rotatable bonds is 8. The molecular formula is C30H32N4O6. The standard InChI is InChI=1S/C30H32N4O6/c1-6-40-12-11-32-25(31)24-20(29(38)39)14-19(22-17-8-9-18(23(22)24)27(36)34-26(17)35)28(37)33-21-10-7-16(13-15(21)2)30(3,4)5/h7-10,13-14H,6,11-12H2,1-5H3,(H2,31,32)(H,33,37)(H,38,39)(H,34,35,36). The van der Waals surface area contributed by atoms with E-state index >= 15 is 0 Å². The van der Waals surface area contributed by atoms with Crippen molar-refractivity contribution in [1.82, 2.24) is 4.98 Å². The number of aromatic nitrogens is 1. The number of carboxylic acids is 1. The Morgan fingerprint density at radius 1 is 1.02 bits per heavy atom. The molecule has 0 spiro atoms. The van der Waals surface area contributed by atoms with Crippen LogP contribution in [0.15, 0.2) is 51.0 Å². The number of aromatic amines is 1. The third-order valence-corrected chi connectivity index (χ3v) is 6.79. The van der Waals surface area contributed by atoms with Crippen molar-refractivity contribution < 1.29 is 19.4 Å². The number of nitrogens with one attached hydrogen (secondary N) is 2. The van der Waals surface area contributed by atoms with Gasteiger partial charge in [0.15, 0.2) is 0 Å². The van der Waals surface area contributed by atoms with Gasteiger partial charge in [-0.05, 0) is 54.7 Å². The van der Waals surface area contributed by atoms with Crippen LogP contribution in [0.3, 0.4) is 0 Å². The number of hydrogen-bond acceptors (Lipinski definition) is 6. The predicted molar refractivity (Wildman–Crippen MR) is 156 cm³/mol. The zero-order valence-electron chi connectivity index (χ0n) is 23.1. The monoisotopic (exact) mass is 544 g/mol. The minimum atomic E-state index is -1.37. The number of benzene rings is 3. The second kappa shape index (κ2) is 10.9. The quantitative estimate of drug-likeness (QED) is 0.149. The summed E-state index contributed by atoms with van der Waals surface area (Å²) in [6.45, 7) is 10.8. The Hall–Kier alpha value is -4.57. The van der Waals surface area contributed by atoms with Gasteiger partial charge in [0.25, 0.3) is 17.0 Å². The molecule has 10 heteroatoms. The Bertz CT molecular complexity index is 1780. The van der Waals surface area contributed by atoms with E-state index in [1.165, 1.54) is 18.2 Å². The smallest absolute Gasteiger partial charge is 0.336 e. The number of ether oxygens (including phenoxy) is 1. The topological polar surface area (TPSA) is 164 Å². The van der Waals surface area contributed by atoms with E-state index in [2.05, 4.69) is 36.1 Å². The number of carboxylic acid groups (broad SMARTS) is 1. The highest BCUT2D eigenvalue weighted by atomic mass is 16.5. The number of aromatic carboxylic acids is 1. The minimum absolute atomic E-state index is 0.00502. The molecule has 10 nitrogen and oxygen atoms in total. The first kappa shape index (κ1) is 28.4. The van der Waals surface area contributed by atoms with Crippen molar-refractivity contribution >= 4 is 44.9 Å². The van der Waals surface area contributed by atoms with Crippen LogP contribution >= 0.6 is 0 Å². The Morgan fingerprint density at radius 3 is 2.25 bits per heavy atom. The molecule has 0 radical (unpaired) electrons. The van der Waals surface area contributed by atoms with Crippen LogP contribution in [0.2, 0.25) is 0 Å². The van der Waals surface area contributed by atoms with Crippen LogP contribution in [0.5, 0.6) is 0 Å². The number of aliphatic imine (C=N–C) groups is 1. The summed E-state index contributed by atoms with van der Waals surface area (Å²) < 4.78 is 5.29. The number of amides is 1. The number of amidine groups is 1. The fraction of sp³-hybridized carbons (Fsp3) is 0.300. The maximum absolute atomic E-state index is 13.8. The summed E-state index contributed by atoms with van der Waals surface area (Å²) in [5, 5.41) is 13.2. The molecule has 5 N–H and O–H groups in total. The third kappa shape index (κ3) is 5.30. The third-order valence-electron chi connectivity index (χ3n) is 6.79. The first-order valence-corrected chi connectivity index (χ1v) is 12.9. The van der Waals surface area contributed by atoms with E-state index in [4.69, 9.17) is 10.5 Å². The van der Waals surface area contributed by atoms with Gasteiger partial charge in [0.1, 0.15) is 5.84 Å². The number of nitrogens with zero attached hydrogens (tertiary/aromatic N) is 1. The van der Waals surface area contributed by atoms with Crippen molar-refractivity contribution in [2.45, 2.75) is 40.0 Å². The summed E-state index contributed by atoms with van der Waals surface area (Å²) in [7, 11) is 0. The molecule has 0 aliphatic rings. The van der Waals surface area contributed by atoms with Crippen molar-refractivity contribution in [2.24, 2.45) is 10.7 Å². The van der Waals surface area contributed by atoms with Gasteiger partial charge in [0.2, 0.25) is 0 Å². The second-order valence-electron chi connectivity index (χ2n) is 10.5. The van der Waals surface area contributed by atoms with E-state index < -0.39 is 23.0 Å². The Kier molecular flexibility index (Phi) is 7.75. The molecule has 3 aromatic carbocycles. The molecule has 0 saturated heterocycles. The van der Waals surface area contributed by atoms with E-state index in [9.17, 15) is 24.3 Å². The van der Waals surface area contributed by atoms with Gasteiger partial charge in [0, 0.05) is 45.0 Å². The largest absolute Gasteiger partial charge is 0.478 e. The maximum Gasteiger partial charge on any atom is 0.336 e.